The van der Waals surface area contributed by atoms with Crippen LogP contribution in [0.3, 0.4) is 0 Å². The maximum Gasteiger partial charge on any atom is 0.244 e. The van der Waals surface area contributed by atoms with Gasteiger partial charge in [-0.2, -0.15) is 0 Å². The summed E-state index contributed by atoms with van der Waals surface area (Å²) < 4.78 is 11.3. The molecule has 0 saturated carbocycles. The van der Waals surface area contributed by atoms with Gasteiger partial charge in [-0.3, -0.25) is 0 Å². The molecule has 1 aliphatic rings. The second-order valence-electron chi connectivity index (χ2n) is 11.1. The summed E-state index contributed by atoms with van der Waals surface area (Å²) in [5.41, 5.74) is -2.34. The summed E-state index contributed by atoms with van der Waals surface area (Å²) >= 11 is 18.6. The summed E-state index contributed by atoms with van der Waals surface area (Å²) in [6, 6.07) is 0. The molecule has 1 rings (SSSR count). The Morgan fingerprint density at radius 2 is 1.32 bits per heavy atom. The van der Waals surface area contributed by atoms with E-state index in [2.05, 4.69) is 90.6 Å². The van der Waals surface area contributed by atoms with Gasteiger partial charge in [-0.15, -0.1) is 0 Å². The van der Waals surface area contributed by atoms with Crippen LogP contribution in [0, 0.1) is 34.5 Å². The van der Waals surface area contributed by atoms with E-state index in [0.717, 1.165) is 32.7 Å². The van der Waals surface area contributed by atoms with Gasteiger partial charge in [0, 0.05) is 24.9 Å². The Kier molecular flexibility index (Phi) is 28.6. The summed E-state index contributed by atoms with van der Waals surface area (Å²) in [7, 11) is 6.83. The molecule has 1 saturated heterocycles. The lowest BCUT2D eigenvalue weighted by Crippen LogP contribution is -2.37. The van der Waals surface area contributed by atoms with Gasteiger partial charge in [-0.25, -0.2) is 0 Å². The van der Waals surface area contributed by atoms with Gasteiger partial charge in [0.25, 0.3) is 0 Å². The van der Waals surface area contributed by atoms with E-state index in [1.165, 1.54) is 15.9 Å². The van der Waals surface area contributed by atoms with Crippen molar-refractivity contribution in [2.45, 2.75) is 88.5 Å². The maximum absolute atomic E-state index is 9.31. The van der Waals surface area contributed by atoms with Crippen molar-refractivity contribution in [3.8, 4) is 0 Å². The molecule has 224 valence electrons. The van der Waals surface area contributed by atoms with E-state index in [0.29, 0.717) is 36.9 Å². The Morgan fingerprint density at radius 1 is 0.919 bits per heavy atom. The summed E-state index contributed by atoms with van der Waals surface area (Å²) in [5, 5.41) is 18.6. The van der Waals surface area contributed by atoms with Gasteiger partial charge < -0.3 is 19.3 Å². The molecule has 37 heavy (non-hydrogen) atoms. The van der Waals surface area contributed by atoms with Crippen molar-refractivity contribution in [3.63, 3.8) is 0 Å². The van der Waals surface area contributed by atoms with Crippen molar-refractivity contribution in [2.24, 2.45) is 34.5 Å². The number of hydrogen-bond donors (Lipinski definition) is 3. The van der Waals surface area contributed by atoms with Crippen molar-refractivity contribution >= 4 is 94.1 Å². The highest BCUT2D eigenvalue weighted by Crippen LogP contribution is 2.59. The van der Waals surface area contributed by atoms with E-state index in [4.69, 9.17) is 20.9 Å². The smallest absolute Gasteiger partial charge is 0.244 e. The lowest BCUT2D eigenvalue weighted by molar-refractivity contribution is 0.00730. The Labute approximate surface area is 260 Å². The molecule has 0 aromatic rings. The highest BCUT2D eigenvalue weighted by molar-refractivity contribution is 8.63. The minimum absolute atomic E-state index is 0. The van der Waals surface area contributed by atoms with Gasteiger partial charge in [-0.05, 0) is 111 Å². The molecule has 2 N–H and O–H groups in total. The Balaban J connectivity index is -0.000000497. The Bertz CT molecular complexity index is 753. The fourth-order valence-electron chi connectivity index (χ4n) is 4.73. The van der Waals surface area contributed by atoms with Crippen LogP contribution >= 0.6 is 32.0 Å². The highest BCUT2D eigenvalue weighted by Gasteiger charge is 2.39. The minimum atomic E-state index is -2.23. The fourth-order valence-corrected chi connectivity index (χ4v) is 15.9. The van der Waals surface area contributed by atoms with Crippen LogP contribution in [0.25, 0.3) is 0 Å². The zero-order valence-corrected chi connectivity index (χ0v) is 31.4. The van der Waals surface area contributed by atoms with Crippen LogP contribution in [-0.4, -0.2) is 36.6 Å². The molecule has 0 amide bonds. The molecule has 0 aromatic heterocycles. The van der Waals surface area contributed by atoms with Crippen LogP contribution in [0.4, 0.5) is 0 Å². The first-order valence-electron chi connectivity index (χ1n) is 12.1. The SMILES string of the molecule is C.CC(C)CC(CO)(CO)CC(C)C.CC(C)CC1(CC(C)C)COP(=S)(S)OC1.S=PP=S=S=S=S. The lowest BCUT2D eigenvalue weighted by Gasteiger charge is -2.41. The van der Waals surface area contributed by atoms with Crippen molar-refractivity contribution < 1.29 is 19.3 Å². The Hall–Kier alpha value is 2.54. The van der Waals surface area contributed by atoms with Crippen LogP contribution in [0.1, 0.15) is 88.5 Å². The number of rotatable bonds is 11. The molecule has 4 nitrogen and oxygen atoms in total. The quantitative estimate of drug-likeness (QED) is 0.147. The molecular formula is C23H51O4P3S7. The number of aliphatic hydroxyl groups excluding tert-OH is 2. The zero-order valence-electron chi connectivity index (χ0n) is 22.9. The van der Waals surface area contributed by atoms with Crippen LogP contribution in [0.5, 0.6) is 0 Å². The van der Waals surface area contributed by atoms with Crippen molar-refractivity contribution in [1.82, 2.24) is 0 Å². The predicted octanol–water partition coefficient (Wildman–Crippen LogP) is 8.66. The van der Waals surface area contributed by atoms with Crippen LogP contribution in [0.15, 0.2) is 0 Å². The fraction of sp³-hybridized carbons (Fsp3) is 1.00. The van der Waals surface area contributed by atoms with Crippen LogP contribution in [-0.2, 0) is 71.1 Å². The van der Waals surface area contributed by atoms with Gasteiger partial charge in [0.15, 0.2) is 0 Å². The van der Waals surface area contributed by atoms with Crippen LogP contribution < -0.4 is 0 Å². The third-order valence-corrected chi connectivity index (χ3v) is 17.5. The third-order valence-electron chi connectivity index (χ3n) is 5.23. The van der Waals surface area contributed by atoms with Crippen molar-refractivity contribution in [2.75, 3.05) is 26.4 Å². The summed E-state index contributed by atoms with van der Waals surface area (Å²) in [4.78, 5) is 0. The number of hydrogen-bond acceptors (Lipinski definition) is 7. The number of aliphatic hydroxyl groups is 2. The third kappa shape index (κ3) is 23.8. The van der Waals surface area contributed by atoms with E-state index in [-0.39, 0.29) is 31.5 Å². The molecule has 1 fully saturated rings. The van der Waals surface area contributed by atoms with Gasteiger partial charge in [0.05, 0.1) is 26.4 Å². The monoisotopic (exact) mass is 708 g/mol. The molecule has 14 heteroatoms. The van der Waals surface area contributed by atoms with Gasteiger partial charge in [0.2, 0.25) is 5.69 Å². The van der Waals surface area contributed by atoms with Gasteiger partial charge >= 0.3 is 0 Å². The first-order valence-corrected chi connectivity index (χ1v) is 24.4. The standard InChI is InChI=1S/C11H23O2PS2.C11H24O2.CH4.P2S5/c1-9(2)5-11(6-10(3)4)7-12-14(15,16)13-8-11;1-9(2)5-11(7-12,8-13)6-10(3)4;;3-1-2-5-7-6-4/h9-10H,5-8H2,1-4H3,(H,15,16);9-10,12-13H,5-8H2,1-4H3;1H4;. The molecule has 0 aliphatic carbocycles. The molecule has 0 bridgehead atoms. The van der Waals surface area contributed by atoms with Crippen LogP contribution in [0.2, 0.25) is 0 Å². The first kappa shape index (κ1) is 44.0. The molecule has 0 radical (unpaired) electrons. The largest absolute Gasteiger partial charge is 0.396 e. The second kappa shape index (κ2) is 24.0. The molecule has 1 aliphatic heterocycles. The van der Waals surface area contributed by atoms with Crippen molar-refractivity contribution in [3.05, 3.63) is 0 Å². The lowest BCUT2D eigenvalue weighted by atomic mass is 9.75. The maximum atomic E-state index is 9.31. The summed E-state index contributed by atoms with van der Waals surface area (Å²) in [6.45, 7) is 19.1. The molecule has 0 spiro atoms. The molecule has 0 atom stereocenters. The second-order valence-corrected chi connectivity index (χ2v) is 26.1. The molecular weight excluding hydrogens is 658 g/mol. The van der Waals surface area contributed by atoms with Gasteiger partial charge in [-0.1, -0.05) is 75.1 Å². The van der Waals surface area contributed by atoms with Gasteiger partial charge in [0.1, 0.15) is 0 Å². The topological polar surface area (TPSA) is 58.9 Å². The average Bonchev–Trinajstić information content (AvgIpc) is 2.75. The Morgan fingerprint density at radius 3 is 1.59 bits per heavy atom. The average molecular weight is 709 g/mol. The van der Waals surface area contributed by atoms with E-state index in [1.54, 1.807) is 18.4 Å². The first-order chi connectivity index (χ1) is 16.6. The molecule has 0 aromatic carbocycles. The molecule has 1 heterocycles. The highest BCUT2D eigenvalue weighted by atomic mass is 33.3. The van der Waals surface area contributed by atoms with Crippen molar-refractivity contribution in [1.29, 1.82) is 0 Å². The van der Waals surface area contributed by atoms with E-state index in [9.17, 15) is 10.2 Å². The van der Waals surface area contributed by atoms with E-state index >= 15 is 0 Å². The number of thiol groups is 1. The normalized spacial score (nSPS) is 16.5. The summed E-state index contributed by atoms with van der Waals surface area (Å²) in [6.07, 6.45) is 4.07. The zero-order chi connectivity index (χ0) is 28.4. The minimum Gasteiger partial charge on any atom is -0.396 e. The molecule has 0 unspecified atom stereocenters. The predicted molar refractivity (Wildman–Crippen MR) is 189 cm³/mol. The van der Waals surface area contributed by atoms with E-state index in [1.807, 2.05) is 0 Å². The van der Waals surface area contributed by atoms with E-state index < -0.39 is 5.69 Å². The summed E-state index contributed by atoms with van der Waals surface area (Å²) in [5.74, 6) is 2.36.